The molecule has 0 unspecified atom stereocenters. The number of nitrogens with two attached hydrogens (primary N) is 1. The van der Waals surface area contributed by atoms with Crippen molar-refractivity contribution < 1.29 is 4.74 Å². The topological polar surface area (TPSA) is 61.0 Å². The molecule has 0 fully saturated rings. The van der Waals surface area contributed by atoms with Crippen LogP contribution in [-0.4, -0.2) is 17.2 Å². The second-order valence-corrected chi connectivity index (χ2v) is 3.22. The van der Waals surface area contributed by atoms with Gasteiger partial charge in [0.2, 0.25) is 11.8 Å². The maximum absolute atomic E-state index is 5.55. The Kier molecular flexibility index (Phi) is 3.05. The molecule has 79 valence electrons. The highest BCUT2D eigenvalue weighted by atomic mass is 16.5. The van der Waals surface area contributed by atoms with E-state index in [1.54, 1.807) is 24.5 Å². The average molecular weight is 212 g/mol. The summed E-state index contributed by atoms with van der Waals surface area (Å²) in [6.45, 7) is 1.93. The first-order valence-corrected chi connectivity index (χ1v) is 4.93. The van der Waals surface area contributed by atoms with E-state index in [-0.39, 0.29) is 0 Å². The molecule has 4 nitrogen and oxygen atoms in total. The van der Waals surface area contributed by atoms with E-state index in [1.165, 1.54) is 0 Å². The Morgan fingerprint density at radius 3 is 2.81 bits per heavy atom. The van der Waals surface area contributed by atoms with Crippen LogP contribution in [-0.2, 0) is 0 Å². The molecule has 2 aromatic rings. The van der Waals surface area contributed by atoms with E-state index in [4.69, 9.17) is 10.5 Å². The van der Waals surface area contributed by atoms with Crippen molar-refractivity contribution in [3.63, 3.8) is 0 Å². The molecule has 0 aliphatic rings. The third kappa shape index (κ3) is 2.31. The van der Waals surface area contributed by atoms with Crippen LogP contribution in [0.15, 0.2) is 36.7 Å². The van der Waals surface area contributed by atoms with Crippen LogP contribution in [0.5, 0.6) is 11.8 Å². The SMILES string of the molecule is C[B]c1cccnc1Oc1ccc(N)cn1. The summed E-state index contributed by atoms with van der Waals surface area (Å²) in [4.78, 5) is 8.19. The van der Waals surface area contributed by atoms with Gasteiger partial charge < -0.3 is 10.5 Å². The van der Waals surface area contributed by atoms with Crippen LogP contribution < -0.4 is 15.9 Å². The summed E-state index contributed by atoms with van der Waals surface area (Å²) >= 11 is 0. The first kappa shape index (κ1) is 10.5. The Morgan fingerprint density at radius 2 is 2.12 bits per heavy atom. The van der Waals surface area contributed by atoms with Gasteiger partial charge in [0.15, 0.2) is 7.28 Å². The van der Waals surface area contributed by atoms with Gasteiger partial charge in [-0.2, -0.15) is 0 Å². The molecule has 0 saturated carbocycles. The number of nitrogen functional groups attached to an aromatic ring is 1. The Balaban J connectivity index is 2.23. The van der Waals surface area contributed by atoms with Gasteiger partial charge >= 0.3 is 0 Å². The first-order valence-electron chi connectivity index (χ1n) is 4.93. The van der Waals surface area contributed by atoms with Crippen molar-refractivity contribution in [2.45, 2.75) is 6.82 Å². The fourth-order valence-electron chi connectivity index (χ4n) is 1.26. The summed E-state index contributed by atoms with van der Waals surface area (Å²) < 4.78 is 5.55. The van der Waals surface area contributed by atoms with Crippen molar-refractivity contribution in [3.05, 3.63) is 36.7 Å². The minimum Gasteiger partial charge on any atom is -0.421 e. The summed E-state index contributed by atoms with van der Waals surface area (Å²) in [7, 11) is 1.93. The Labute approximate surface area is 94.7 Å². The van der Waals surface area contributed by atoms with Gasteiger partial charge in [-0.15, -0.1) is 0 Å². The molecule has 0 spiro atoms. The minimum atomic E-state index is 0.482. The van der Waals surface area contributed by atoms with Crippen molar-refractivity contribution in [2.75, 3.05) is 5.73 Å². The van der Waals surface area contributed by atoms with Crippen LogP contribution in [0.2, 0.25) is 6.82 Å². The van der Waals surface area contributed by atoms with Gasteiger partial charge in [-0.3, -0.25) is 0 Å². The standard InChI is InChI=1S/C11H11BN3O/c1-12-9-3-2-6-14-11(9)16-10-5-4-8(13)7-15-10/h2-7H,13H2,1H3. The van der Waals surface area contributed by atoms with Crippen LogP contribution in [0.1, 0.15) is 0 Å². The molecular weight excluding hydrogens is 201 g/mol. The van der Waals surface area contributed by atoms with Gasteiger partial charge in [0.25, 0.3) is 0 Å². The highest BCUT2D eigenvalue weighted by Crippen LogP contribution is 2.15. The van der Waals surface area contributed by atoms with Crippen LogP contribution in [0.3, 0.4) is 0 Å². The maximum atomic E-state index is 5.55. The Hall–Kier alpha value is -2.04. The molecule has 2 rings (SSSR count). The van der Waals surface area contributed by atoms with Crippen molar-refractivity contribution >= 4 is 18.4 Å². The van der Waals surface area contributed by atoms with Gasteiger partial charge in [-0.25, -0.2) is 9.97 Å². The van der Waals surface area contributed by atoms with E-state index < -0.39 is 0 Å². The van der Waals surface area contributed by atoms with Crippen molar-refractivity contribution in [1.82, 2.24) is 9.97 Å². The Bertz CT molecular complexity index is 473. The summed E-state index contributed by atoms with van der Waals surface area (Å²) in [5, 5.41) is 0. The molecule has 2 N–H and O–H groups in total. The van der Waals surface area contributed by atoms with E-state index in [0.29, 0.717) is 17.4 Å². The molecule has 0 amide bonds. The molecule has 0 aliphatic carbocycles. The van der Waals surface area contributed by atoms with E-state index >= 15 is 0 Å². The van der Waals surface area contributed by atoms with E-state index in [0.717, 1.165) is 5.46 Å². The lowest BCUT2D eigenvalue weighted by molar-refractivity contribution is 0.449. The molecule has 0 saturated heterocycles. The lowest BCUT2D eigenvalue weighted by Gasteiger charge is -2.07. The zero-order valence-electron chi connectivity index (χ0n) is 8.92. The quantitative estimate of drug-likeness (QED) is 0.777. The van der Waals surface area contributed by atoms with Crippen molar-refractivity contribution in [1.29, 1.82) is 0 Å². The predicted molar refractivity (Wildman–Crippen MR) is 64.2 cm³/mol. The molecule has 0 aliphatic heterocycles. The lowest BCUT2D eigenvalue weighted by Crippen LogP contribution is -2.14. The third-order valence-electron chi connectivity index (χ3n) is 2.07. The highest BCUT2D eigenvalue weighted by molar-refractivity contribution is 6.53. The zero-order valence-corrected chi connectivity index (χ0v) is 8.92. The fourth-order valence-corrected chi connectivity index (χ4v) is 1.26. The van der Waals surface area contributed by atoms with E-state index in [1.807, 2.05) is 26.2 Å². The highest BCUT2D eigenvalue weighted by Gasteiger charge is 2.04. The van der Waals surface area contributed by atoms with Crippen LogP contribution in [0.25, 0.3) is 0 Å². The maximum Gasteiger partial charge on any atom is 0.221 e. The molecule has 1 radical (unpaired) electrons. The van der Waals surface area contributed by atoms with Crippen molar-refractivity contribution in [2.24, 2.45) is 0 Å². The molecule has 0 aromatic carbocycles. The molecule has 0 atom stereocenters. The van der Waals surface area contributed by atoms with E-state index in [9.17, 15) is 0 Å². The molecule has 0 bridgehead atoms. The summed E-state index contributed by atoms with van der Waals surface area (Å²) in [6, 6.07) is 7.24. The van der Waals surface area contributed by atoms with Crippen LogP contribution >= 0.6 is 0 Å². The fraction of sp³-hybridized carbons (Fsp3) is 0.0909. The minimum absolute atomic E-state index is 0.482. The number of pyridine rings is 2. The Morgan fingerprint density at radius 1 is 1.25 bits per heavy atom. The molecule has 16 heavy (non-hydrogen) atoms. The number of anilines is 1. The summed E-state index contributed by atoms with van der Waals surface area (Å²) in [5.74, 6) is 1.03. The van der Waals surface area contributed by atoms with Gasteiger partial charge in [0.05, 0.1) is 11.9 Å². The second-order valence-electron chi connectivity index (χ2n) is 3.22. The summed E-state index contributed by atoms with van der Waals surface area (Å²) in [6.07, 6.45) is 3.23. The number of hydrogen-bond acceptors (Lipinski definition) is 4. The molecular formula is C11H11BN3O. The smallest absolute Gasteiger partial charge is 0.221 e. The number of ether oxygens (including phenoxy) is 1. The zero-order chi connectivity index (χ0) is 11.4. The van der Waals surface area contributed by atoms with E-state index in [2.05, 4.69) is 9.97 Å². The van der Waals surface area contributed by atoms with Gasteiger partial charge in [-0.1, -0.05) is 12.9 Å². The third-order valence-corrected chi connectivity index (χ3v) is 2.07. The normalized spacial score (nSPS) is 9.81. The van der Waals surface area contributed by atoms with Crippen LogP contribution in [0.4, 0.5) is 5.69 Å². The number of rotatable bonds is 3. The number of aromatic nitrogens is 2. The van der Waals surface area contributed by atoms with Gasteiger partial charge in [0, 0.05) is 12.3 Å². The molecule has 2 heterocycles. The predicted octanol–water partition coefficient (Wildman–Crippen LogP) is 1.23. The summed E-state index contributed by atoms with van der Waals surface area (Å²) in [5.41, 5.74) is 7.07. The molecule has 2 aromatic heterocycles. The van der Waals surface area contributed by atoms with Crippen molar-refractivity contribution in [3.8, 4) is 11.8 Å². The number of nitrogens with zero attached hydrogens (tertiary/aromatic N) is 2. The average Bonchev–Trinajstić information content (AvgIpc) is 2.33. The van der Waals surface area contributed by atoms with Crippen LogP contribution in [0, 0.1) is 0 Å². The largest absolute Gasteiger partial charge is 0.421 e. The first-order chi connectivity index (χ1) is 7.79. The van der Waals surface area contributed by atoms with Gasteiger partial charge in [0.1, 0.15) is 0 Å². The molecule has 5 heteroatoms. The lowest BCUT2D eigenvalue weighted by atomic mass is 9.74. The van der Waals surface area contributed by atoms with Gasteiger partial charge in [-0.05, 0) is 17.6 Å². The second kappa shape index (κ2) is 4.66. The number of hydrogen-bond donors (Lipinski definition) is 1. The monoisotopic (exact) mass is 212 g/mol.